The first-order chi connectivity index (χ1) is 12.5. The zero-order chi connectivity index (χ0) is 18.3. The van der Waals surface area contributed by atoms with Gasteiger partial charge in [-0.25, -0.2) is 9.50 Å². The first-order valence-electron chi connectivity index (χ1n) is 8.57. The summed E-state index contributed by atoms with van der Waals surface area (Å²) >= 11 is 0. The smallest absolute Gasteiger partial charge is 0.224 e. The van der Waals surface area contributed by atoms with Crippen LogP contribution in [0, 0.1) is 20.8 Å². The van der Waals surface area contributed by atoms with E-state index in [4.69, 9.17) is 0 Å². The first kappa shape index (κ1) is 16.3. The van der Waals surface area contributed by atoms with E-state index in [-0.39, 0.29) is 5.91 Å². The summed E-state index contributed by atoms with van der Waals surface area (Å²) in [6, 6.07) is 7.65. The van der Waals surface area contributed by atoms with Gasteiger partial charge in [0.05, 0.1) is 17.4 Å². The average Bonchev–Trinajstić information content (AvgIpc) is 3.20. The molecule has 0 fully saturated rings. The van der Waals surface area contributed by atoms with Crippen LogP contribution >= 0.6 is 0 Å². The summed E-state index contributed by atoms with van der Waals surface area (Å²) < 4.78 is 1.85. The van der Waals surface area contributed by atoms with Crippen LogP contribution in [0.25, 0.3) is 16.6 Å². The summed E-state index contributed by atoms with van der Waals surface area (Å²) in [6.07, 6.45) is 2.75. The van der Waals surface area contributed by atoms with E-state index in [1.165, 1.54) is 0 Å². The molecule has 7 nitrogen and oxygen atoms in total. The number of carbonyl (C=O) groups is 1. The summed E-state index contributed by atoms with van der Waals surface area (Å²) in [5, 5.41) is 15.3. The van der Waals surface area contributed by atoms with Gasteiger partial charge in [0.15, 0.2) is 5.65 Å². The fraction of sp³-hybridized carbons (Fsp3) is 0.263. The Balaban J connectivity index is 1.49. The molecule has 1 aromatic carbocycles. The van der Waals surface area contributed by atoms with Gasteiger partial charge in [-0.15, -0.1) is 0 Å². The Morgan fingerprint density at radius 2 is 2.08 bits per heavy atom. The number of aromatic nitrogens is 5. The molecule has 0 saturated carbocycles. The van der Waals surface area contributed by atoms with Crippen molar-refractivity contribution in [3.05, 3.63) is 53.1 Å². The number of rotatable bonds is 4. The number of nitrogens with zero attached hydrogens (tertiary/aromatic N) is 4. The van der Waals surface area contributed by atoms with Crippen molar-refractivity contribution in [1.29, 1.82) is 0 Å². The zero-order valence-corrected chi connectivity index (χ0v) is 15.0. The van der Waals surface area contributed by atoms with Crippen LogP contribution in [0.15, 0.2) is 30.5 Å². The molecule has 4 aromatic rings. The number of hydrogen-bond acceptors (Lipinski definition) is 4. The third-order valence-electron chi connectivity index (χ3n) is 4.61. The largest absolute Gasteiger partial charge is 0.326 e. The van der Waals surface area contributed by atoms with Gasteiger partial charge in [0.25, 0.3) is 0 Å². The minimum atomic E-state index is -0.0246. The Morgan fingerprint density at radius 3 is 2.92 bits per heavy atom. The van der Waals surface area contributed by atoms with E-state index in [1.54, 1.807) is 6.20 Å². The number of aromatic amines is 1. The van der Waals surface area contributed by atoms with Crippen molar-refractivity contribution < 1.29 is 4.79 Å². The van der Waals surface area contributed by atoms with Gasteiger partial charge in [0.1, 0.15) is 0 Å². The molecule has 0 radical (unpaired) electrons. The number of fused-ring (bicyclic) bond motifs is 2. The van der Waals surface area contributed by atoms with Crippen LogP contribution in [0.3, 0.4) is 0 Å². The molecule has 26 heavy (non-hydrogen) atoms. The standard InChI is InChI=1S/C19H20N6O/c1-11-8-18-21-12(2)16(13(3)25(18)24-11)5-7-19(26)22-15-4-6-17-14(9-15)10-20-23-17/h4,6,8-10H,5,7H2,1-3H3,(H,20,23)(H,22,26). The van der Waals surface area contributed by atoms with Crippen molar-refractivity contribution in [2.45, 2.75) is 33.6 Å². The summed E-state index contributed by atoms with van der Waals surface area (Å²) in [5.74, 6) is -0.0246. The SMILES string of the molecule is Cc1cc2nc(C)c(CCC(=O)Nc3ccc4[nH]ncc4c3)c(C)n2n1. The molecule has 0 atom stereocenters. The summed E-state index contributed by atoms with van der Waals surface area (Å²) in [7, 11) is 0. The van der Waals surface area contributed by atoms with Gasteiger partial charge < -0.3 is 5.32 Å². The molecule has 0 bridgehead atoms. The molecule has 3 aromatic heterocycles. The molecule has 0 saturated heterocycles. The summed E-state index contributed by atoms with van der Waals surface area (Å²) in [4.78, 5) is 17.0. The number of anilines is 1. The van der Waals surface area contributed by atoms with Crippen LogP contribution in [0.4, 0.5) is 5.69 Å². The van der Waals surface area contributed by atoms with Crippen molar-refractivity contribution in [3.8, 4) is 0 Å². The molecule has 132 valence electrons. The molecule has 0 aliphatic carbocycles. The highest BCUT2D eigenvalue weighted by molar-refractivity contribution is 5.93. The van der Waals surface area contributed by atoms with Crippen LogP contribution in [-0.2, 0) is 11.2 Å². The molecule has 0 spiro atoms. The molecule has 0 unspecified atom stereocenters. The quantitative estimate of drug-likeness (QED) is 0.593. The topological polar surface area (TPSA) is 88.0 Å². The molecule has 4 rings (SSSR count). The van der Waals surface area contributed by atoms with Crippen LogP contribution in [0.5, 0.6) is 0 Å². The highest BCUT2D eigenvalue weighted by Crippen LogP contribution is 2.19. The van der Waals surface area contributed by atoms with Gasteiger partial charge in [-0.3, -0.25) is 9.89 Å². The first-order valence-corrected chi connectivity index (χ1v) is 8.57. The van der Waals surface area contributed by atoms with E-state index in [0.717, 1.165) is 44.9 Å². The maximum absolute atomic E-state index is 12.4. The average molecular weight is 348 g/mol. The van der Waals surface area contributed by atoms with E-state index in [1.807, 2.05) is 49.6 Å². The number of H-pyrrole nitrogens is 1. The van der Waals surface area contributed by atoms with Crippen molar-refractivity contribution in [2.24, 2.45) is 0 Å². The lowest BCUT2D eigenvalue weighted by molar-refractivity contribution is -0.116. The predicted octanol–water partition coefficient (Wildman–Crippen LogP) is 3.10. The molecular weight excluding hydrogens is 328 g/mol. The fourth-order valence-corrected chi connectivity index (χ4v) is 3.29. The second kappa shape index (κ2) is 6.25. The zero-order valence-electron chi connectivity index (χ0n) is 15.0. The minimum Gasteiger partial charge on any atom is -0.326 e. The fourth-order valence-electron chi connectivity index (χ4n) is 3.29. The monoisotopic (exact) mass is 348 g/mol. The van der Waals surface area contributed by atoms with Crippen molar-refractivity contribution >= 4 is 28.1 Å². The third-order valence-corrected chi connectivity index (χ3v) is 4.61. The lowest BCUT2D eigenvalue weighted by atomic mass is 10.1. The second-order valence-electron chi connectivity index (χ2n) is 6.54. The van der Waals surface area contributed by atoms with Crippen LogP contribution in [0.1, 0.15) is 29.1 Å². The number of benzene rings is 1. The number of aryl methyl sites for hydroxylation is 3. The Morgan fingerprint density at radius 1 is 1.23 bits per heavy atom. The maximum Gasteiger partial charge on any atom is 0.224 e. The van der Waals surface area contributed by atoms with Gasteiger partial charge >= 0.3 is 0 Å². The van der Waals surface area contributed by atoms with Crippen molar-refractivity contribution in [3.63, 3.8) is 0 Å². The summed E-state index contributed by atoms with van der Waals surface area (Å²) in [6.45, 7) is 5.96. The van der Waals surface area contributed by atoms with E-state index in [0.29, 0.717) is 12.8 Å². The van der Waals surface area contributed by atoms with Crippen molar-refractivity contribution in [1.82, 2.24) is 24.8 Å². The number of hydrogen-bond donors (Lipinski definition) is 2. The second-order valence-corrected chi connectivity index (χ2v) is 6.54. The van der Waals surface area contributed by atoms with Gasteiger partial charge in [0, 0.05) is 34.9 Å². The minimum absolute atomic E-state index is 0.0246. The van der Waals surface area contributed by atoms with Crippen LogP contribution in [-0.4, -0.2) is 30.7 Å². The highest BCUT2D eigenvalue weighted by atomic mass is 16.1. The van der Waals surface area contributed by atoms with E-state index in [9.17, 15) is 4.79 Å². The third kappa shape index (κ3) is 2.92. The Hall–Kier alpha value is -3.22. The van der Waals surface area contributed by atoms with Gasteiger partial charge in [-0.05, 0) is 51.0 Å². The lowest BCUT2D eigenvalue weighted by Gasteiger charge is -2.11. The maximum atomic E-state index is 12.4. The predicted molar refractivity (Wildman–Crippen MR) is 100 cm³/mol. The Kier molecular flexibility index (Phi) is 3.91. The number of carbonyl (C=O) groups excluding carboxylic acids is 1. The normalized spacial score (nSPS) is 11.3. The number of amides is 1. The van der Waals surface area contributed by atoms with Gasteiger partial charge in [-0.2, -0.15) is 10.2 Å². The lowest BCUT2D eigenvalue weighted by Crippen LogP contribution is -2.14. The van der Waals surface area contributed by atoms with Crippen LogP contribution in [0.2, 0.25) is 0 Å². The molecule has 0 aliphatic heterocycles. The van der Waals surface area contributed by atoms with Gasteiger partial charge in [-0.1, -0.05) is 0 Å². The molecule has 3 heterocycles. The molecule has 0 aliphatic rings. The molecule has 7 heteroatoms. The molecule has 2 N–H and O–H groups in total. The van der Waals surface area contributed by atoms with E-state index in [2.05, 4.69) is 25.6 Å². The Labute approximate surface area is 150 Å². The highest BCUT2D eigenvalue weighted by Gasteiger charge is 2.13. The van der Waals surface area contributed by atoms with E-state index >= 15 is 0 Å². The molecule has 1 amide bonds. The molecular formula is C19H20N6O. The van der Waals surface area contributed by atoms with Crippen molar-refractivity contribution in [2.75, 3.05) is 5.32 Å². The number of nitrogens with one attached hydrogen (secondary N) is 2. The summed E-state index contributed by atoms with van der Waals surface area (Å²) in [5.41, 5.74) is 6.55. The Bertz CT molecular complexity index is 1120. The van der Waals surface area contributed by atoms with E-state index < -0.39 is 0 Å². The van der Waals surface area contributed by atoms with Gasteiger partial charge in [0.2, 0.25) is 5.91 Å². The van der Waals surface area contributed by atoms with Crippen LogP contribution < -0.4 is 5.32 Å².